The zero-order chi connectivity index (χ0) is 17.6. The predicted octanol–water partition coefficient (Wildman–Crippen LogP) is 3.93. The molecule has 3 rings (SSSR count). The SMILES string of the molecule is Cc1cc(C)n(/N=C/c2cccc(OCc3ccccc3)c2)c(=O)c1. The molecular formula is C21H20N2O2. The van der Waals surface area contributed by atoms with Crippen molar-refractivity contribution in [2.45, 2.75) is 20.5 Å². The first-order chi connectivity index (χ1) is 12.1. The highest BCUT2D eigenvalue weighted by Gasteiger charge is 2.00. The van der Waals surface area contributed by atoms with Crippen molar-refractivity contribution in [3.05, 3.63) is 99.5 Å². The summed E-state index contributed by atoms with van der Waals surface area (Å²) in [5, 5.41) is 4.30. The number of benzene rings is 2. The van der Waals surface area contributed by atoms with Gasteiger partial charge in [-0.2, -0.15) is 5.10 Å². The number of aryl methyl sites for hydroxylation is 2. The molecule has 1 heterocycles. The second kappa shape index (κ2) is 7.62. The minimum Gasteiger partial charge on any atom is -0.489 e. The third-order valence-electron chi connectivity index (χ3n) is 3.76. The summed E-state index contributed by atoms with van der Waals surface area (Å²) in [6, 6.07) is 21.2. The van der Waals surface area contributed by atoms with E-state index in [4.69, 9.17) is 4.74 Å². The first-order valence-electron chi connectivity index (χ1n) is 8.13. The van der Waals surface area contributed by atoms with E-state index >= 15 is 0 Å². The van der Waals surface area contributed by atoms with Crippen molar-refractivity contribution in [1.82, 2.24) is 4.68 Å². The van der Waals surface area contributed by atoms with Gasteiger partial charge in [-0.25, -0.2) is 4.68 Å². The van der Waals surface area contributed by atoms with Gasteiger partial charge in [-0.3, -0.25) is 4.79 Å². The van der Waals surface area contributed by atoms with Crippen LogP contribution in [-0.4, -0.2) is 10.9 Å². The highest BCUT2D eigenvalue weighted by atomic mass is 16.5. The molecule has 0 aliphatic heterocycles. The monoisotopic (exact) mass is 332 g/mol. The zero-order valence-corrected chi connectivity index (χ0v) is 14.3. The number of ether oxygens (including phenoxy) is 1. The summed E-state index contributed by atoms with van der Waals surface area (Å²) in [5.41, 5.74) is 3.59. The van der Waals surface area contributed by atoms with E-state index in [2.05, 4.69) is 5.10 Å². The van der Waals surface area contributed by atoms with Gasteiger partial charge in [0.2, 0.25) is 0 Å². The molecule has 0 saturated carbocycles. The molecule has 0 N–H and O–H groups in total. The third kappa shape index (κ3) is 4.44. The third-order valence-corrected chi connectivity index (χ3v) is 3.76. The molecule has 0 fully saturated rings. The van der Waals surface area contributed by atoms with E-state index in [0.29, 0.717) is 6.61 Å². The molecule has 0 aliphatic carbocycles. The van der Waals surface area contributed by atoms with Crippen LogP contribution in [0.4, 0.5) is 0 Å². The molecular weight excluding hydrogens is 312 g/mol. The van der Waals surface area contributed by atoms with Crippen LogP contribution in [0.15, 0.2) is 76.6 Å². The Morgan fingerprint density at radius 2 is 1.80 bits per heavy atom. The molecule has 126 valence electrons. The molecule has 0 bridgehead atoms. The summed E-state index contributed by atoms with van der Waals surface area (Å²) in [6.07, 6.45) is 1.67. The fourth-order valence-corrected chi connectivity index (χ4v) is 2.56. The van der Waals surface area contributed by atoms with E-state index in [1.165, 1.54) is 4.68 Å². The lowest BCUT2D eigenvalue weighted by molar-refractivity contribution is 0.306. The summed E-state index contributed by atoms with van der Waals surface area (Å²) in [4.78, 5) is 12.0. The Morgan fingerprint density at radius 3 is 2.56 bits per heavy atom. The minimum atomic E-state index is -0.134. The van der Waals surface area contributed by atoms with Gasteiger partial charge in [-0.15, -0.1) is 0 Å². The maximum atomic E-state index is 12.0. The van der Waals surface area contributed by atoms with Crippen LogP contribution in [-0.2, 0) is 6.61 Å². The Balaban J connectivity index is 1.75. The summed E-state index contributed by atoms with van der Waals surface area (Å²) in [6.45, 7) is 4.28. The smallest absolute Gasteiger partial charge is 0.271 e. The van der Waals surface area contributed by atoms with Gasteiger partial charge in [0.05, 0.1) is 6.21 Å². The van der Waals surface area contributed by atoms with Gasteiger partial charge < -0.3 is 4.74 Å². The maximum absolute atomic E-state index is 12.0. The zero-order valence-electron chi connectivity index (χ0n) is 14.3. The Morgan fingerprint density at radius 1 is 1.00 bits per heavy atom. The van der Waals surface area contributed by atoms with E-state index in [1.807, 2.05) is 74.5 Å². The Kier molecular flexibility index (Phi) is 5.09. The molecule has 0 unspecified atom stereocenters. The largest absolute Gasteiger partial charge is 0.489 e. The van der Waals surface area contributed by atoms with Crippen molar-refractivity contribution in [2.75, 3.05) is 0 Å². The van der Waals surface area contributed by atoms with Crippen molar-refractivity contribution < 1.29 is 4.74 Å². The van der Waals surface area contributed by atoms with Gasteiger partial charge in [0.25, 0.3) is 5.56 Å². The number of pyridine rings is 1. The number of hydrogen-bond donors (Lipinski definition) is 0. The summed E-state index contributed by atoms with van der Waals surface area (Å²) < 4.78 is 7.21. The van der Waals surface area contributed by atoms with Gasteiger partial charge >= 0.3 is 0 Å². The lowest BCUT2D eigenvalue weighted by Gasteiger charge is -2.07. The standard InChI is InChI=1S/C21H20N2O2/c1-16-11-17(2)23(21(24)12-16)22-14-19-9-6-10-20(13-19)25-15-18-7-4-3-5-8-18/h3-14H,15H2,1-2H3/b22-14+. The Labute approximate surface area is 147 Å². The van der Waals surface area contributed by atoms with Crippen molar-refractivity contribution in [3.63, 3.8) is 0 Å². The van der Waals surface area contributed by atoms with Crippen molar-refractivity contribution in [1.29, 1.82) is 0 Å². The second-order valence-electron chi connectivity index (χ2n) is 5.92. The van der Waals surface area contributed by atoms with E-state index in [1.54, 1.807) is 12.3 Å². The molecule has 4 heteroatoms. The fourth-order valence-electron chi connectivity index (χ4n) is 2.56. The Hall–Kier alpha value is -3.14. The minimum absolute atomic E-state index is 0.134. The molecule has 0 saturated heterocycles. The van der Waals surface area contributed by atoms with Gasteiger partial charge in [0.1, 0.15) is 12.4 Å². The van der Waals surface area contributed by atoms with Crippen LogP contribution in [0.1, 0.15) is 22.4 Å². The van der Waals surface area contributed by atoms with Gasteiger partial charge in [-0.1, -0.05) is 42.5 Å². The molecule has 1 aromatic heterocycles. The number of hydrogen-bond acceptors (Lipinski definition) is 3. The van der Waals surface area contributed by atoms with Gasteiger partial charge in [0, 0.05) is 11.8 Å². The van der Waals surface area contributed by atoms with Crippen LogP contribution in [0.25, 0.3) is 0 Å². The van der Waals surface area contributed by atoms with Gasteiger partial charge in [0.15, 0.2) is 0 Å². The molecule has 0 radical (unpaired) electrons. The van der Waals surface area contributed by atoms with Gasteiger partial charge in [-0.05, 0) is 48.7 Å². The summed E-state index contributed by atoms with van der Waals surface area (Å²) in [5.74, 6) is 0.765. The lowest BCUT2D eigenvalue weighted by atomic mass is 10.2. The average molecular weight is 332 g/mol. The molecule has 0 amide bonds. The normalized spacial score (nSPS) is 11.0. The number of nitrogens with zero attached hydrogens (tertiary/aromatic N) is 2. The molecule has 0 aliphatic rings. The maximum Gasteiger partial charge on any atom is 0.271 e. The van der Waals surface area contributed by atoms with Crippen molar-refractivity contribution in [2.24, 2.45) is 5.10 Å². The van der Waals surface area contributed by atoms with Crippen LogP contribution < -0.4 is 10.3 Å². The molecule has 4 nitrogen and oxygen atoms in total. The van der Waals surface area contributed by atoms with E-state index in [9.17, 15) is 4.79 Å². The number of rotatable bonds is 5. The van der Waals surface area contributed by atoms with E-state index < -0.39 is 0 Å². The highest BCUT2D eigenvalue weighted by molar-refractivity contribution is 5.80. The second-order valence-corrected chi connectivity index (χ2v) is 5.92. The topological polar surface area (TPSA) is 43.6 Å². The van der Waals surface area contributed by atoms with E-state index in [-0.39, 0.29) is 5.56 Å². The predicted molar refractivity (Wildman–Crippen MR) is 100 cm³/mol. The lowest BCUT2D eigenvalue weighted by Crippen LogP contribution is -2.18. The van der Waals surface area contributed by atoms with Crippen LogP contribution in [0, 0.1) is 13.8 Å². The van der Waals surface area contributed by atoms with Crippen LogP contribution in [0.3, 0.4) is 0 Å². The van der Waals surface area contributed by atoms with Crippen molar-refractivity contribution in [3.8, 4) is 5.75 Å². The van der Waals surface area contributed by atoms with Crippen LogP contribution in [0.2, 0.25) is 0 Å². The molecule has 0 spiro atoms. The molecule has 25 heavy (non-hydrogen) atoms. The molecule has 2 aromatic carbocycles. The fraction of sp³-hybridized carbons (Fsp3) is 0.143. The first-order valence-corrected chi connectivity index (χ1v) is 8.13. The number of aromatic nitrogens is 1. The van der Waals surface area contributed by atoms with Crippen LogP contribution >= 0.6 is 0 Å². The summed E-state index contributed by atoms with van der Waals surface area (Å²) in [7, 11) is 0. The average Bonchev–Trinajstić information content (AvgIpc) is 2.60. The summed E-state index contributed by atoms with van der Waals surface area (Å²) >= 11 is 0. The molecule has 3 aromatic rings. The Bertz CT molecular complexity index is 944. The van der Waals surface area contributed by atoms with E-state index in [0.717, 1.165) is 28.1 Å². The molecule has 0 atom stereocenters. The van der Waals surface area contributed by atoms with Crippen molar-refractivity contribution >= 4 is 6.21 Å². The quantitative estimate of drug-likeness (QED) is 0.665. The van der Waals surface area contributed by atoms with Crippen LogP contribution in [0.5, 0.6) is 5.75 Å². The first kappa shape index (κ1) is 16.7. The highest BCUT2D eigenvalue weighted by Crippen LogP contribution is 2.14.